The van der Waals surface area contributed by atoms with Crippen LogP contribution >= 0.6 is 0 Å². The van der Waals surface area contributed by atoms with E-state index in [1.807, 2.05) is 66.7 Å². The molecule has 8 aromatic carbocycles. The van der Waals surface area contributed by atoms with E-state index in [1.54, 1.807) is 0 Å². The molecule has 0 fully saturated rings. The van der Waals surface area contributed by atoms with Gasteiger partial charge in [-0.3, -0.25) is 0 Å². The molecule has 0 unspecified atom stereocenters. The Morgan fingerprint density at radius 3 is 1.56 bits per heavy atom. The molecule has 0 spiro atoms. The third-order valence-corrected chi connectivity index (χ3v) is 11.7. The molecule has 0 aliphatic carbocycles. The normalized spacial score (nSPS) is 12.2. The number of fused-ring (bicyclic) bond motifs is 13. The number of rotatable bonds is 3. The first-order valence-corrected chi connectivity index (χ1v) is 19.2. The molecule has 0 N–H and O–H groups in total. The van der Waals surface area contributed by atoms with Gasteiger partial charge in [-0.2, -0.15) is 0 Å². The Balaban J connectivity index is 1.19. The van der Waals surface area contributed by atoms with Gasteiger partial charge < -0.3 is 13.2 Å². The molecular weight excluding hydrogens is 699 g/mol. The van der Waals surface area contributed by atoms with Gasteiger partial charge in [-0.1, -0.05) is 127 Å². The molecule has 13 aromatic rings. The minimum absolute atomic E-state index is 0.630. The number of nitrogens with zero attached hydrogens (tertiary/aromatic N) is 5. The molecule has 0 saturated carbocycles. The molecule has 0 atom stereocenters. The van der Waals surface area contributed by atoms with Crippen molar-refractivity contribution in [3.8, 4) is 34.2 Å². The SMILES string of the molecule is c1ccc(-c2nc(-c3ccccc3)nc(-c3ccc4c(c3)c3cccc5c6cc7oc8ccccc8c7cc6n6c7ccccc7c7cccc(c76)n4c35)n2)cc1. The smallest absolute Gasteiger partial charge is 0.164 e. The van der Waals surface area contributed by atoms with Gasteiger partial charge in [0.1, 0.15) is 11.2 Å². The zero-order chi connectivity index (χ0) is 37.2. The van der Waals surface area contributed by atoms with E-state index in [4.69, 9.17) is 19.4 Å². The van der Waals surface area contributed by atoms with Crippen LogP contribution in [0.2, 0.25) is 0 Å². The third-order valence-electron chi connectivity index (χ3n) is 11.7. The van der Waals surface area contributed by atoms with Crippen LogP contribution in [0.25, 0.3) is 122 Å². The highest BCUT2D eigenvalue weighted by Gasteiger charge is 2.21. The molecule has 0 amide bonds. The largest absolute Gasteiger partial charge is 0.456 e. The zero-order valence-electron chi connectivity index (χ0n) is 30.4. The predicted molar refractivity (Wildman–Crippen MR) is 233 cm³/mol. The first-order valence-electron chi connectivity index (χ1n) is 19.2. The van der Waals surface area contributed by atoms with Crippen molar-refractivity contribution >= 4 is 87.4 Å². The standard InChI is InChI=1S/C51H29N5O/c1-3-13-30(14-4-1)49-52-50(31-15-5-2-6-16-31)54-51(53-49)32-25-26-42-38(27-32)36-19-11-20-37-39-29-46-40(34-18-8-10-24-45(34)57-46)28-44(39)56-41-22-9-7-17-33(41)35-21-12-23-43(48(35)56)55(42)47(36)37/h1-29H. The summed E-state index contributed by atoms with van der Waals surface area (Å²) in [6.45, 7) is 0. The molecule has 6 heteroatoms. The first kappa shape index (κ1) is 30.5. The molecule has 0 radical (unpaired) electrons. The van der Waals surface area contributed by atoms with E-state index < -0.39 is 0 Å². The van der Waals surface area contributed by atoms with E-state index in [0.717, 1.165) is 82.2 Å². The summed E-state index contributed by atoms with van der Waals surface area (Å²) in [5, 5.41) is 9.19. The molecule has 0 aliphatic heterocycles. The molecule has 57 heavy (non-hydrogen) atoms. The molecule has 0 bridgehead atoms. The second-order valence-electron chi connectivity index (χ2n) is 14.8. The molecule has 0 aliphatic rings. The molecule has 13 rings (SSSR count). The maximum atomic E-state index is 6.56. The summed E-state index contributed by atoms with van der Waals surface area (Å²) in [5.41, 5.74) is 11.4. The second kappa shape index (κ2) is 11.4. The number of hydrogen-bond donors (Lipinski definition) is 0. The molecule has 6 nitrogen and oxygen atoms in total. The van der Waals surface area contributed by atoms with Gasteiger partial charge in [-0.05, 0) is 48.5 Å². The van der Waals surface area contributed by atoms with Gasteiger partial charge in [0.05, 0.1) is 33.1 Å². The van der Waals surface area contributed by atoms with Crippen LogP contribution in [0.15, 0.2) is 180 Å². The van der Waals surface area contributed by atoms with Gasteiger partial charge in [-0.25, -0.2) is 15.0 Å². The van der Waals surface area contributed by atoms with E-state index in [1.165, 1.54) is 21.8 Å². The van der Waals surface area contributed by atoms with Crippen molar-refractivity contribution in [3.63, 3.8) is 0 Å². The molecule has 5 aromatic heterocycles. The van der Waals surface area contributed by atoms with Gasteiger partial charge in [0.15, 0.2) is 17.5 Å². The lowest BCUT2D eigenvalue weighted by molar-refractivity contribution is 0.669. The Morgan fingerprint density at radius 1 is 0.298 bits per heavy atom. The van der Waals surface area contributed by atoms with Crippen LogP contribution in [-0.2, 0) is 0 Å². The van der Waals surface area contributed by atoms with E-state index in [0.29, 0.717) is 17.5 Å². The summed E-state index contributed by atoms with van der Waals surface area (Å²) >= 11 is 0. The third kappa shape index (κ3) is 4.26. The summed E-state index contributed by atoms with van der Waals surface area (Å²) < 4.78 is 11.5. The summed E-state index contributed by atoms with van der Waals surface area (Å²) in [6, 6.07) is 62.0. The molecule has 0 saturated heterocycles. The van der Waals surface area contributed by atoms with E-state index in [-0.39, 0.29) is 0 Å². The minimum atomic E-state index is 0.630. The number of furan rings is 1. The van der Waals surface area contributed by atoms with E-state index in [2.05, 4.69) is 118 Å². The van der Waals surface area contributed by atoms with Crippen LogP contribution in [-0.4, -0.2) is 23.8 Å². The van der Waals surface area contributed by atoms with Crippen LogP contribution in [0, 0.1) is 0 Å². The fourth-order valence-electron chi connectivity index (χ4n) is 9.21. The number of benzene rings is 8. The molecule has 264 valence electrons. The van der Waals surface area contributed by atoms with Crippen LogP contribution in [0.1, 0.15) is 0 Å². The Labute approximate surface area is 324 Å². The topological polar surface area (TPSA) is 60.6 Å². The van der Waals surface area contributed by atoms with E-state index >= 15 is 0 Å². The quantitative estimate of drug-likeness (QED) is 0.182. The monoisotopic (exact) mass is 727 g/mol. The Hall–Kier alpha value is -7.83. The van der Waals surface area contributed by atoms with Crippen molar-refractivity contribution in [2.24, 2.45) is 0 Å². The van der Waals surface area contributed by atoms with E-state index in [9.17, 15) is 0 Å². The Bertz CT molecular complexity index is 3750. The average Bonchev–Trinajstić information content (AvgIpc) is 3.93. The lowest BCUT2D eigenvalue weighted by atomic mass is 10.0. The van der Waals surface area contributed by atoms with Crippen LogP contribution in [0.4, 0.5) is 0 Å². The summed E-state index contributed by atoms with van der Waals surface area (Å²) in [5.74, 6) is 1.91. The van der Waals surface area contributed by atoms with Crippen molar-refractivity contribution in [3.05, 3.63) is 176 Å². The summed E-state index contributed by atoms with van der Waals surface area (Å²) in [4.78, 5) is 15.1. The predicted octanol–water partition coefficient (Wildman–Crippen LogP) is 13.0. The van der Waals surface area contributed by atoms with Crippen molar-refractivity contribution in [2.75, 3.05) is 0 Å². The van der Waals surface area contributed by atoms with Crippen LogP contribution < -0.4 is 0 Å². The number of para-hydroxylation sites is 4. The van der Waals surface area contributed by atoms with Gasteiger partial charge >= 0.3 is 0 Å². The summed E-state index contributed by atoms with van der Waals surface area (Å²) in [7, 11) is 0. The lowest BCUT2D eigenvalue weighted by Crippen LogP contribution is -2.00. The maximum absolute atomic E-state index is 6.56. The minimum Gasteiger partial charge on any atom is -0.456 e. The summed E-state index contributed by atoms with van der Waals surface area (Å²) in [6.07, 6.45) is 0. The zero-order valence-corrected chi connectivity index (χ0v) is 30.4. The van der Waals surface area contributed by atoms with Gasteiger partial charge in [-0.15, -0.1) is 0 Å². The molecule has 5 heterocycles. The van der Waals surface area contributed by atoms with Crippen molar-refractivity contribution in [1.29, 1.82) is 0 Å². The fraction of sp³-hybridized carbons (Fsp3) is 0. The molecular formula is C51H29N5O. The number of hydrogen-bond acceptors (Lipinski definition) is 4. The first-order chi connectivity index (χ1) is 28.3. The van der Waals surface area contributed by atoms with Gasteiger partial charge in [0.25, 0.3) is 0 Å². The van der Waals surface area contributed by atoms with Crippen LogP contribution in [0.3, 0.4) is 0 Å². The Kier molecular flexibility index (Phi) is 6.07. The average molecular weight is 728 g/mol. The van der Waals surface area contributed by atoms with Crippen molar-refractivity contribution in [2.45, 2.75) is 0 Å². The van der Waals surface area contributed by atoms with Crippen molar-refractivity contribution < 1.29 is 4.42 Å². The highest BCUT2D eigenvalue weighted by molar-refractivity contribution is 6.25. The number of aromatic nitrogens is 5. The van der Waals surface area contributed by atoms with Crippen molar-refractivity contribution in [1.82, 2.24) is 23.8 Å². The fourth-order valence-corrected chi connectivity index (χ4v) is 9.21. The van der Waals surface area contributed by atoms with Gasteiger partial charge in [0, 0.05) is 59.8 Å². The highest BCUT2D eigenvalue weighted by Crippen LogP contribution is 2.43. The highest BCUT2D eigenvalue weighted by atomic mass is 16.3. The van der Waals surface area contributed by atoms with Gasteiger partial charge in [0.2, 0.25) is 0 Å². The Morgan fingerprint density at radius 2 is 0.825 bits per heavy atom. The lowest BCUT2D eigenvalue weighted by Gasteiger charge is -2.11. The second-order valence-corrected chi connectivity index (χ2v) is 14.8. The van der Waals surface area contributed by atoms with Crippen LogP contribution in [0.5, 0.6) is 0 Å². The maximum Gasteiger partial charge on any atom is 0.164 e.